The van der Waals surface area contributed by atoms with Gasteiger partial charge in [0.1, 0.15) is 11.5 Å². The Morgan fingerprint density at radius 3 is 2.88 bits per heavy atom. The lowest BCUT2D eigenvalue weighted by Gasteiger charge is -2.07. The highest BCUT2D eigenvalue weighted by molar-refractivity contribution is 9.10. The van der Waals surface area contributed by atoms with Crippen LogP contribution in [0.1, 0.15) is 16.1 Å². The maximum Gasteiger partial charge on any atom is 0.273 e. The molecule has 0 aliphatic carbocycles. The van der Waals surface area contributed by atoms with Gasteiger partial charge >= 0.3 is 0 Å². The van der Waals surface area contributed by atoms with Crippen molar-refractivity contribution >= 4 is 33.3 Å². The van der Waals surface area contributed by atoms with Crippen molar-refractivity contribution in [1.82, 2.24) is 10.2 Å². The van der Waals surface area contributed by atoms with Crippen LogP contribution in [0, 0.1) is 6.92 Å². The average molecular weight is 295 g/mol. The minimum Gasteiger partial charge on any atom is -0.382 e. The van der Waals surface area contributed by atoms with Crippen LogP contribution in [0.4, 0.5) is 11.5 Å². The Labute approximate surface area is 107 Å². The SMILES string of the molecule is Cc1ccc(Br)cc1NC(=O)c1cc(N)n[nH]1. The predicted molar refractivity (Wildman–Crippen MR) is 69.8 cm³/mol. The molecule has 1 aromatic heterocycles. The van der Waals surface area contributed by atoms with Gasteiger partial charge in [0.15, 0.2) is 0 Å². The van der Waals surface area contributed by atoms with Crippen molar-refractivity contribution in [2.75, 3.05) is 11.1 Å². The molecule has 1 aromatic carbocycles. The first-order valence-corrected chi connectivity index (χ1v) is 5.74. The van der Waals surface area contributed by atoms with E-state index in [1.807, 2.05) is 25.1 Å². The number of nitrogen functional groups attached to an aromatic ring is 1. The molecular formula is C11H11BrN4O. The number of hydrogen-bond donors (Lipinski definition) is 3. The fraction of sp³-hybridized carbons (Fsp3) is 0.0909. The number of H-pyrrole nitrogens is 1. The molecule has 2 aromatic rings. The van der Waals surface area contributed by atoms with Gasteiger partial charge in [-0.3, -0.25) is 9.89 Å². The molecule has 0 fully saturated rings. The Morgan fingerprint density at radius 1 is 1.47 bits per heavy atom. The van der Waals surface area contributed by atoms with Crippen LogP contribution >= 0.6 is 15.9 Å². The molecule has 0 atom stereocenters. The van der Waals surface area contributed by atoms with Gasteiger partial charge < -0.3 is 11.1 Å². The third-order valence-electron chi connectivity index (χ3n) is 2.29. The second-order valence-electron chi connectivity index (χ2n) is 3.62. The number of hydrogen-bond acceptors (Lipinski definition) is 3. The normalized spacial score (nSPS) is 10.2. The Bertz CT molecular complexity index is 564. The van der Waals surface area contributed by atoms with Gasteiger partial charge in [-0.25, -0.2) is 0 Å². The number of amides is 1. The zero-order valence-corrected chi connectivity index (χ0v) is 10.7. The van der Waals surface area contributed by atoms with Gasteiger partial charge in [0.2, 0.25) is 0 Å². The van der Waals surface area contributed by atoms with Gasteiger partial charge in [0.05, 0.1) is 0 Å². The number of carbonyl (C=O) groups is 1. The lowest BCUT2D eigenvalue weighted by Crippen LogP contribution is -2.13. The molecule has 5 nitrogen and oxygen atoms in total. The Balaban J connectivity index is 2.21. The summed E-state index contributed by atoms with van der Waals surface area (Å²) >= 11 is 3.36. The first kappa shape index (κ1) is 11.7. The van der Waals surface area contributed by atoms with E-state index in [0.29, 0.717) is 11.5 Å². The van der Waals surface area contributed by atoms with Gasteiger partial charge in [-0.05, 0) is 24.6 Å². The van der Waals surface area contributed by atoms with Crippen LogP contribution in [0.3, 0.4) is 0 Å². The van der Waals surface area contributed by atoms with E-state index in [1.165, 1.54) is 6.07 Å². The van der Waals surface area contributed by atoms with Gasteiger partial charge in [0, 0.05) is 16.2 Å². The summed E-state index contributed by atoms with van der Waals surface area (Å²) in [4.78, 5) is 11.8. The number of nitrogens with one attached hydrogen (secondary N) is 2. The van der Waals surface area contributed by atoms with E-state index in [-0.39, 0.29) is 5.91 Å². The van der Waals surface area contributed by atoms with Crippen LogP contribution in [-0.4, -0.2) is 16.1 Å². The molecule has 88 valence electrons. The molecule has 0 spiro atoms. The molecule has 0 saturated carbocycles. The predicted octanol–water partition coefficient (Wildman–Crippen LogP) is 2.32. The zero-order chi connectivity index (χ0) is 12.4. The molecule has 1 amide bonds. The summed E-state index contributed by atoms with van der Waals surface area (Å²) in [6.45, 7) is 1.92. The highest BCUT2D eigenvalue weighted by atomic mass is 79.9. The maximum atomic E-state index is 11.8. The molecule has 4 N–H and O–H groups in total. The topological polar surface area (TPSA) is 83.8 Å². The van der Waals surface area contributed by atoms with Crippen molar-refractivity contribution in [1.29, 1.82) is 0 Å². The Morgan fingerprint density at radius 2 is 2.24 bits per heavy atom. The largest absolute Gasteiger partial charge is 0.382 e. The smallest absolute Gasteiger partial charge is 0.273 e. The number of halogens is 1. The fourth-order valence-corrected chi connectivity index (χ4v) is 1.73. The summed E-state index contributed by atoms with van der Waals surface area (Å²) in [5, 5.41) is 9.05. The van der Waals surface area contributed by atoms with Gasteiger partial charge in [-0.1, -0.05) is 22.0 Å². The van der Waals surface area contributed by atoms with Crippen LogP contribution in [-0.2, 0) is 0 Å². The van der Waals surface area contributed by atoms with E-state index in [1.54, 1.807) is 0 Å². The number of nitrogens with zero attached hydrogens (tertiary/aromatic N) is 1. The summed E-state index contributed by atoms with van der Waals surface area (Å²) in [5.41, 5.74) is 7.50. The molecule has 17 heavy (non-hydrogen) atoms. The van der Waals surface area contributed by atoms with E-state index < -0.39 is 0 Å². The first-order valence-electron chi connectivity index (χ1n) is 4.94. The molecule has 0 aliphatic rings. The van der Waals surface area contributed by atoms with Gasteiger partial charge in [-0.2, -0.15) is 5.10 Å². The zero-order valence-electron chi connectivity index (χ0n) is 9.12. The van der Waals surface area contributed by atoms with Crippen molar-refractivity contribution in [2.45, 2.75) is 6.92 Å². The summed E-state index contributed by atoms with van der Waals surface area (Å²) in [5.74, 6) is 0.0246. The van der Waals surface area contributed by atoms with Crippen molar-refractivity contribution in [3.8, 4) is 0 Å². The lowest BCUT2D eigenvalue weighted by molar-refractivity contribution is 0.102. The molecule has 0 aliphatic heterocycles. The first-order chi connectivity index (χ1) is 8.06. The number of rotatable bonds is 2. The number of aromatic nitrogens is 2. The molecule has 0 unspecified atom stereocenters. The highest BCUT2D eigenvalue weighted by Crippen LogP contribution is 2.21. The Kier molecular flexibility index (Phi) is 3.14. The van der Waals surface area contributed by atoms with Crippen LogP contribution in [0.5, 0.6) is 0 Å². The minimum absolute atomic E-state index is 0.268. The summed E-state index contributed by atoms with van der Waals surface area (Å²) in [7, 11) is 0. The van der Waals surface area contributed by atoms with Crippen molar-refractivity contribution in [3.63, 3.8) is 0 Å². The van der Waals surface area contributed by atoms with Crippen molar-refractivity contribution in [3.05, 3.63) is 40.0 Å². The minimum atomic E-state index is -0.268. The second kappa shape index (κ2) is 4.58. The summed E-state index contributed by atoms with van der Waals surface area (Å²) < 4.78 is 0.905. The lowest BCUT2D eigenvalue weighted by atomic mass is 10.2. The third-order valence-corrected chi connectivity index (χ3v) is 2.78. The molecule has 6 heteroatoms. The number of benzene rings is 1. The average Bonchev–Trinajstić information content (AvgIpc) is 2.70. The third kappa shape index (κ3) is 2.65. The van der Waals surface area contributed by atoms with E-state index >= 15 is 0 Å². The van der Waals surface area contributed by atoms with E-state index in [4.69, 9.17) is 5.73 Å². The standard InChI is InChI=1S/C11H11BrN4O/c1-6-2-3-7(12)4-8(6)14-11(17)9-5-10(13)16-15-9/h2-5H,1H3,(H,14,17)(H3,13,15,16). The van der Waals surface area contributed by atoms with Crippen molar-refractivity contribution in [2.24, 2.45) is 0 Å². The molecule has 0 bridgehead atoms. The van der Waals surface area contributed by atoms with Crippen LogP contribution in [0.25, 0.3) is 0 Å². The quantitative estimate of drug-likeness (QED) is 0.795. The number of nitrogens with two attached hydrogens (primary N) is 1. The van der Waals surface area contributed by atoms with Crippen LogP contribution in [0.2, 0.25) is 0 Å². The maximum absolute atomic E-state index is 11.8. The highest BCUT2D eigenvalue weighted by Gasteiger charge is 2.10. The number of aryl methyl sites for hydroxylation is 1. The molecule has 2 rings (SSSR count). The van der Waals surface area contributed by atoms with Crippen LogP contribution in [0.15, 0.2) is 28.7 Å². The van der Waals surface area contributed by atoms with Crippen molar-refractivity contribution < 1.29 is 4.79 Å². The number of aromatic amines is 1. The van der Waals surface area contributed by atoms with E-state index in [0.717, 1.165) is 15.7 Å². The number of anilines is 2. The molecular weight excluding hydrogens is 284 g/mol. The second-order valence-corrected chi connectivity index (χ2v) is 4.54. The summed E-state index contributed by atoms with van der Waals surface area (Å²) in [6, 6.07) is 7.16. The van der Waals surface area contributed by atoms with Gasteiger partial charge in [0.25, 0.3) is 5.91 Å². The molecule has 0 radical (unpaired) electrons. The monoisotopic (exact) mass is 294 g/mol. The van der Waals surface area contributed by atoms with Crippen LogP contribution < -0.4 is 11.1 Å². The van der Waals surface area contributed by atoms with Gasteiger partial charge in [-0.15, -0.1) is 0 Å². The van der Waals surface area contributed by atoms with E-state index in [2.05, 4.69) is 31.4 Å². The number of carbonyl (C=O) groups excluding carboxylic acids is 1. The Hall–Kier alpha value is -1.82. The summed E-state index contributed by atoms with van der Waals surface area (Å²) in [6.07, 6.45) is 0. The molecule has 1 heterocycles. The fourth-order valence-electron chi connectivity index (χ4n) is 1.37. The molecule has 0 saturated heterocycles. The van der Waals surface area contributed by atoms with E-state index in [9.17, 15) is 4.79 Å².